The summed E-state index contributed by atoms with van der Waals surface area (Å²) in [6.07, 6.45) is 0.276. The number of carbonyl (C=O) groups is 2. The number of carbonyl (C=O) groups excluding carboxylic acids is 1. The maximum Gasteiger partial charge on any atom is 0.345 e. The Hall–Kier alpha value is -2.18. The molecule has 28 heavy (non-hydrogen) atoms. The molecule has 1 aromatic carbocycles. The molecule has 0 unspecified atom stereocenters. The van der Waals surface area contributed by atoms with Crippen LogP contribution in [-0.4, -0.2) is 40.5 Å². The summed E-state index contributed by atoms with van der Waals surface area (Å²) in [6.45, 7) is 14.1. The second-order valence-corrected chi connectivity index (χ2v) is 8.37. The first-order valence-corrected chi connectivity index (χ1v) is 10.4. The van der Waals surface area contributed by atoms with E-state index >= 15 is 0 Å². The van der Waals surface area contributed by atoms with Gasteiger partial charge in [0, 0.05) is 17.0 Å². The molecular formula is C22H32N2O3S. The van der Waals surface area contributed by atoms with Crippen LogP contribution in [0.2, 0.25) is 0 Å². The Morgan fingerprint density at radius 2 is 1.68 bits per heavy atom. The van der Waals surface area contributed by atoms with E-state index in [1.54, 1.807) is 6.92 Å². The number of nitrogens with one attached hydrogen (secondary N) is 1. The number of hydrogen-bond donors (Lipinski definition) is 2. The average molecular weight is 405 g/mol. The van der Waals surface area contributed by atoms with Crippen molar-refractivity contribution in [3.05, 3.63) is 51.7 Å². The molecule has 1 amide bonds. The molecule has 0 spiro atoms. The number of aryl methyl sites for hydroxylation is 1. The van der Waals surface area contributed by atoms with Crippen molar-refractivity contribution in [2.45, 2.75) is 60.0 Å². The number of carboxylic acids is 1. The van der Waals surface area contributed by atoms with Crippen LogP contribution in [0.5, 0.6) is 0 Å². The van der Waals surface area contributed by atoms with E-state index in [1.165, 1.54) is 6.07 Å². The molecule has 1 aromatic heterocycles. The lowest BCUT2D eigenvalue weighted by molar-refractivity contribution is -0.115. The van der Waals surface area contributed by atoms with E-state index in [1.807, 2.05) is 30.3 Å². The van der Waals surface area contributed by atoms with Crippen molar-refractivity contribution in [1.82, 2.24) is 4.90 Å². The van der Waals surface area contributed by atoms with Crippen molar-refractivity contribution in [3.8, 4) is 0 Å². The fraction of sp³-hybridized carbons (Fsp3) is 0.455. The molecule has 0 saturated carbocycles. The minimum atomic E-state index is -0.975. The van der Waals surface area contributed by atoms with Gasteiger partial charge in [-0.25, -0.2) is 4.79 Å². The van der Waals surface area contributed by atoms with Gasteiger partial charge in [-0.2, -0.15) is 0 Å². The molecule has 0 fully saturated rings. The van der Waals surface area contributed by atoms with Crippen molar-refractivity contribution in [2.75, 3.05) is 11.9 Å². The number of carboxylic acid groups (broad SMARTS) is 1. The molecule has 1 heterocycles. The van der Waals surface area contributed by atoms with Gasteiger partial charge in [0.1, 0.15) is 4.88 Å². The van der Waals surface area contributed by atoms with Gasteiger partial charge in [-0.05, 0) is 52.8 Å². The SMILES string of the molecule is CCN(C(C)C)C(C)C.Cc1sc(C(=O)O)cc1NC(=O)Cc1ccccc1. The molecule has 2 rings (SSSR count). The number of rotatable bonds is 7. The minimum Gasteiger partial charge on any atom is -0.477 e. The third-order valence-corrected chi connectivity index (χ3v) is 5.34. The molecule has 154 valence electrons. The topological polar surface area (TPSA) is 69.6 Å². The second-order valence-electron chi connectivity index (χ2n) is 7.11. The quantitative estimate of drug-likeness (QED) is 0.677. The fourth-order valence-corrected chi connectivity index (χ4v) is 3.83. The Kier molecular flexibility index (Phi) is 9.90. The summed E-state index contributed by atoms with van der Waals surface area (Å²) in [5.41, 5.74) is 1.50. The number of nitrogens with zero attached hydrogens (tertiary/aromatic N) is 1. The monoisotopic (exact) mass is 404 g/mol. The maximum atomic E-state index is 11.9. The fourth-order valence-electron chi connectivity index (χ4n) is 3.01. The van der Waals surface area contributed by atoms with E-state index in [0.717, 1.165) is 28.3 Å². The standard InChI is InChI=1S/C14H13NO3S.C8H19N/c1-9-11(8-12(19-9)14(17)18)15-13(16)7-10-5-3-2-4-6-10;1-6-9(7(2)3)8(4)5/h2-6,8H,7H2,1H3,(H,15,16)(H,17,18);7-8H,6H2,1-5H3. The summed E-state index contributed by atoms with van der Waals surface area (Å²) < 4.78 is 0. The lowest BCUT2D eigenvalue weighted by atomic mass is 10.1. The highest BCUT2D eigenvalue weighted by molar-refractivity contribution is 7.14. The van der Waals surface area contributed by atoms with Gasteiger partial charge in [-0.15, -0.1) is 11.3 Å². The number of hydrogen-bond acceptors (Lipinski definition) is 4. The van der Waals surface area contributed by atoms with Crippen molar-refractivity contribution < 1.29 is 14.7 Å². The van der Waals surface area contributed by atoms with Gasteiger partial charge in [-0.1, -0.05) is 37.3 Å². The number of benzene rings is 1. The van der Waals surface area contributed by atoms with E-state index in [9.17, 15) is 9.59 Å². The summed E-state index contributed by atoms with van der Waals surface area (Å²) in [4.78, 5) is 26.2. The number of thiophene rings is 1. The molecule has 0 atom stereocenters. The van der Waals surface area contributed by atoms with Gasteiger partial charge in [0.05, 0.1) is 12.1 Å². The van der Waals surface area contributed by atoms with Crippen LogP contribution < -0.4 is 5.32 Å². The second kappa shape index (κ2) is 11.6. The van der Waals surface area contributed by atoms with Crippen molar-refractivity contribution in [1.29, 1.82) is 0 Å². The lowest BCUT2D eigenvalue weighted by Crippen LogP contribution is -2.36. The Morgan fingerprint density at radius 1 is 1.11 bits per heavy atom. The minimum absolute atomic E-state index is 0.149. The summed E-state index contributed by atoms with van der Waals surface area (Å²) in [5.74, 6) is -1.12. The molecule has 0 bridgehead atoms. The first-order chi connectivity index (χ1) is 13.1. The zero-order valence-electron chi connectivity index (χ0n) is 17.7. The van der Waals surface area contributed by atoms with Crippen LogP contribution >= 0.6 is 11.3 Å². The van der Waals surface area contributed by atoms with Crippen LogP contribution in [0.15, 0.2) is 36.4 Å². The highest BCUT2D eigenvalue weighted by atomic mass is 32.1. The Morgan fingerprint density at radius 3 is 2.07 bits per heavy atom. The highest BCUT2D eigenvalue weighted by Gasteiger charge is 2.13. The molecule has 0 radical (unpaired) electrons. The van der Waals surface area contributed by atoms with Crippen molar-refractivity contribution in [2.24, 2.45) is 0 Å². The summed E-state index contributed by atoms with van der Waals surface area (Å²) in [7, 11) is 0. The van der Waals surface area contributed by atoms with Crippen LogP contribution in [0.25, 0.3) is 0 Å². The van der Waals surface area contributed by atoms with Gasteiger partial charge in [0.25, 0.3) is 0 Å². The molecule has 2 N–H and O–H groups in total. The zero-order chi connectivity index (χ0) is 21.3. The van der Waals surface area contributed by atoms with Gasteiger partial charge in [0.2, 0.25) is 5.91 Å². The molecular weight excluding hydrogens is 372 g/mol. The van der Waals surface area contributed by atoms with Crippen LogP contribution in [0.1, 0.15) is 54.7 Å². The molecule has 5 nitrogen and oxygen atoms in total. The van der Waals surface area contributed by atoms with Crippen LogP contribution in [-0.2, 0) is 11.2 Å². The van der Waals surface area contributed by atoms with E-state index in [2.05, 4.69) is 44.8 Å². The van der Waals surface area contributed by atoms with Gasteiger partial charge in [0.15, 0.2) is 0 Å². The van der Waals surface area contributed by atoms with E-state index in [4.69, 9.17) is 5.11 Å². The van der Waals surface area contributed by atoms with Gasteiger partial charge in [-0.3, -0.25) is 9.69 Å². The van der Waals surface area contributed by atoms with E-state index in [-0.39, 0.29) is 17.2 Å². The van der Waals surface area contributed by atoms with Crippen LogP contribution in [0, 0.1) is 6.92 Å². The summed E-state index contributed by atoms with van der Waals surface area (Å²) in [5, 5.41) is 11.6. The predicted molar refractivity (Wildman–Crippen MR) is 117 cm³/mol. The number of aromatic carboxylic acids is 1. The Bertz CT molecular complexity index is 746. The molecule has 6 heteroatoms. The summed E-state index contributed by atoms with van der Waals surface area (Å²) >= 11 is 1.16. The van der Waals surface area contributed by atoms with Crippen molar-refractivity contribution in [3.63, 3.8) is 0 Å². The molecule has 0 saturated heterocycles. The molecule has 0 aliphatic carbocycles. The zero-order valence-corrected chi connectivity index (χ0v) is 18.5. The average Bonchev–Trinajstić information content (AvgIpc) is 2.97. The van der Waals surface area contributed by atoms with E-state index in [0.29, 0.717) is 17.8 Å². The van der Waals surface area contributed by atoms with Crippen LogP contribution in [0.4, 0.5) is 5.69 Å². The third-order valence-electron chi connectivity index (χ3n) is 4.30. The predicted octanol–water partition coefficient (Wildman–Crippen LogP) is 5.06. The molecule has 0 aliphatic rings. The first kappa shape index (κ1) is 23.9. The molecule has 0 aliphatic heterocycles. The van der Waals surface area contributed by atoms with E-state index < -0.39 is 5.97 Å². The maximum absolute atomic E-state index is 11.9. The van der Waals surface area contributed by atoms with Gasteiger partial charge >= 0.3 is 5.97 Å². The summed E-state index contributed by atoms with van der Waals surface area (Å²) in [6, 6.07) is 12.3. The van der Waals surface area contributed by atoms with Crippen molar-refractivity contribution >= 4 is 28.9 Å². The molecule has 2 aromatic rings. The number of amides is 1. The Labute approximate surface area is 172 Å². The van der Waals surface area contributed by atoms with Gasteiger partial charge < -0.3 is 10.4 Å². The largest absolute Gasteiger partial charge is 0.477 e. The normalized spacial score (nSPS) is 10.8. The van der Waals surface area contributed by atoms with Crippen LogP contribution in [0.3, 0.4) is 0 Å². The highest BCUT2D eigenvalue weighted by Crippen LogP contribution is 2.26. The Balaban J connectivity index is 0.000000370. The number of anilines is 1. The smallest absolute Gasteiger partial charge is 0.345 e. The third kappa shape index (κ3) is 7.82. The first-order valence-electron chi connectivity index (χ1n) is 9.58. The lowest BCUT2D eigenvalue weighted by Gasteiger charge is -2.28.